The van der Waals surface area contributed by atoms with Gasteiger partial charge in [-0.25, -0.2) is 0 Å². The SMILES string of the molecule is CCOc1cc(CNC(C)C(=O)NC(C)C)ccc1O. The Morgan fingerprint density at radius 3 is 2.65 bits per heavy atom. The Morgan fingerprint density at radius 1 is 1.35 bits per heavy atom. The van der Waals surface area contributed by atoms with Crippen LogP contribution in [0.3, 0.4) is 0 Å². The van der Waals surface area contributed by atoms with Gasteiger partial charge in [0, 0.05) is 12.6 Å². The van der Waals surface area contributed by atoms with Crippen LogP contribution in [0, 0.1) is 0 Å². The maximum atomic E-state index is 11.8. The Hall–Kier alpha value is -1.75. The molecule has 5 heteroatoms. The molecule has 0 aliphatic rings. The van der Waals surface area contributed by atoms with Gasteiger partial charge in [0.05, 0.1) is 12.6 Å². The number of rotatable bonds is 7. The topological polar surface area (TPSA) is 70.6 Å². The molecule has 112 valence electrons. The minimum Gasteiger partial charge on any atom is -0.504 e. The van der Waals surface area contributed by atoms with E-state index in [1.54, 1.807) is 18.2 Å². The fraction of sp³-hybridized carbons (Fsp3) is 0.533. The van der Waals surface area contributed by atoms with Crippen LogP contribution in [0.25, 0.3) is 0 Å². The van der Waals surface area contributed by atoms with Crippen molar-refractivity contribution in [1.29, 1.82) is 0 Å². The van der Waals surface area contributed by atoms with Crippen LogP contribution >= 0.6 is 0 Å². The summed E-state index contributed by atoms with van der Waals surface area (Å²) in [6.07, 6.45) is 0. The van der Waals surface area contributed by atoms with Crippen LogP contribution in [0.2, 0.25) is 0 Å². The smallest absolute Gasteiger partial charge is 0.237 e. The molecule has 1 amide bonds. The van der Waals surface area contributed by atoms with Gasteiger partial charge in [-0.2, -0.15) is 0 Å². The normalized spacial score (nSPS) is 12.2. The standard InChI is InChI=1S/C15H24N2O3/c1-5-20-14-8-12(6-7-13(14)18)9-16-11(4)15(19)17-10(2)3/h6-8,10-11,16,18H,5,9H2,1-4H3,(H,17,19). The highest BCUT2D eigenvalue weighted by atomic mass is 16.5. The second-order valence-corrected chi connectivity index (χ2v) is 5.00. The Balaban J connectivity index is 2.57. The number of carbonyl (C=O) groups excluding carboxylic acids is 1. The summed E-state index contributed by atoms with van der Waals surface area (Å²) in [7, 11) is 0. The molecule has 20 heavy (non-hydrogen) atoms. The van der Waals surface area contributed by atoms with Crippen molar-refractivity contribution in [2.24, 2.45) is 0 Å². The van der Waals surface area contributed by atoms with E-state index in [9.17, 15) is 9.90 Å². The van der Waals surface area contributed by atoms with Crippen molar-refractivity contribution in [2.45, 2.75) is 46.3 Å². The fourth-order valence-electron chi connectivity index (χ4n) is 1.71. The highest BCUT2D eigenvalue weighted by molar-refractivity contribution is 5.81. The maximum absolute atomic E-state index is 11.8. The average Bonchev–Trinajstić information content (AvgIpc) is 2.38. The third kappa shape index (κ3) is 5.09. The van der Waals surface area contributed by atoms with Gasteiger partial charge in [0.15, 0.2) is 11.5 Å². The number of phenolic OH excluding ortho intramolecular Hbond substituents is 1. The van der Waals surface area contributed by atoms with Crippen LogP contribution in [0.4, 0.5) is 0 Å². The summed E-state index contributed by atoms with van der Waals surface area (Å²) >= 11 is 0. The molecule has 0 aromatic heterocycles. The van der Waals surface area contributed by atoms with Crippen LogP contribution in [-0.4, -0.2) is 29.7 Å². The minimum atomic E-state index is -0.276. The van der Waals surface area contributed by atoms with Crippen molar-refractivity contribution >= 4 is 5.91 Å². The van der Waals surface area contributed by atoms with E-state index in [4.69, 9.17) is 4.74 Å². The Bertz CT molecular complexity index is 447. The lowest BCUT2D eigenvalue weighted by molar-refractivity contribution is -0.123. The molecular formula is C15H24N2O3. The number of aromatic hydroxyl groups is 1. The van der Waals surface area contributed by atoms with Gasteiger partial charge >= 0.3 is 0 Å². The molecule has 5 nitrogen and oxygen atoms in total. The molecule has 0 aliphatic heterocycles. The molecule has 0 saturated heterocycles. The summed E-state index contributed by atoms with van der Waals surface area (Å²) in [5.41, 5.74) is 0.954. The molecule has 0 aliphatic carbocycles. The summed E-state index contributed by atoms with van der Waals surface area (Å²) in [6.45, 7) is 8.58. The number of carbonyl (C=O) groups is 1. The predicted molar refractivity (Wildman–Crippen MR) is 78.9 cm³/mol. The number of benzene rings is 1. The number of nitrogens with one attached hydrogen (secondary N) is 2. The van der Waals surface area contributed by atoms with E-state index in [0.29, 0.717) is 18.9 Å². The number of hydrogen-bond donors (Lipinski definition) is 3. The van der Waals surface area contributed by atoms with E-state index >= 15 is 0 Å². The van der Waals surface area contributed by atoms with Gasteiger partial charge in [0.2, 0.25) is 5.91 Å². The molecule has 0 saturated carbocycles. The van der Waals surface area contributed by atoms with E-state index in [-0.39, 0.29) is 23.7 Å². The Morgan fingerprint density at radius 2 is 2.05 bits per heavy atom. The van der Waals surface area contributed by atoms with Crippen molar-refractivity contribution in [3.8, 4) is 11.5 Å². The van der Waals surface area contributed by atoms with Crippen molar-refractivity contribution < 1.29 is 14.6 Å². The Kier molecular flexibility index (Phi) is 6.31. The molecule has 1 rings (SSSR count). The fourth-order valence-corrected chi connectivity index (χ4v) is 1.71. The van der Waals surface area contributed by atoms with Crippen molar-refractivity contribution in [2.75, 3.05) is 6.61 Å². The third-order valence-corrected chi connectivity index (χ3v) is 2.76. The van der Waals surface area contributed by atoms with Crippen LogP contribution in [0.15, 0.2) is 18.2 Å². The van der Waals surface area contributed by atoms with Crippen LogP contribution < -0.4 is 15.4 Å². The Labute approximate surface area is 120 Å². The quantitative estimate of drug-likeness (QED) is 0.712. The lowest BCUT2D eigenvalue weighted by Gasteiger charge is -2.16. The van der Waals surface area contributed by atoms with Gasteiger partial charge < -0.3 is 20.5 Å². The predicted octanol–water partition coefficient (Wildman–Crippen LogP) is 1.79. The second kappa shape index (κ2) is 7.75. The summed E-state index contributed by atoms with van der Waals surface area (Å²) < 4.78 is 5.33. The zero-order chi connectivity index (χ0) is 15.1. The monoisotopic (exact) mass is 280 g/mol. The third-order valence-electron chi connectivity index (χ3n) is 2.76. The highest BCUT2D eigenvalue weighted by Gasteiger charge is 2.13. The molecular weight excluding hydrogens is 256 g/mol. The van der Waals surface area contributed by atoms with E-state index in [2.05, 4.69) is 10.6 Å². The molecule has 0 fully saturated rings. The number of ether oxygens (including phenoxy) is 1. The first-order valence-electron chi connectivity index (χ1n) is 6.92. The lowest BCUT2D eigenvalue weighted by Crippen LogP contribution is -2.44. The van der Waals surface area contributed by atoms with Crippen molar-refractivity contribution in [3.05, 3.63) is 23.8 Å². The van der Waals surface area contributed by atoms with E-state index in [0.717, 1.165) is 5.56 Å². The van der Waals surface area contributed by atoms with Gasteiger partial charge in [-0.05, 0) is 45.4 Å². The van der Waals surface area contributed by atoms with Gasteiger partial charge in [-0.1, -0.05) is 6.07 Å². The first-order chi connectivity index (χ1) is 9.43. The molecule has 3 N–H and O–H groups in total. The van der Waals surface area contributed by atoms with Crippen molar-refractivity contribution in [1.82, 2.24) is 10.6 Å². The molecule has 1 aromatic carbocycles. The van der Waals surface area contributed by atoms with Gasteiger partial charge in [-0.3, -0.25) is 4.79 Å². The van der Waals surface area contributed by atoms with E-state index in [1.165, 1.54) is 0 Å². The zero-order valence-electron chi connectivity index (χ0n) is 12.6. The van der Waals surface area contributed by atoms with Gasteiger partial charge in [0.25, 0.3) is 0 Å². The zero-order valence-corrected chi connectivity index (χ0v) is 12.6. The molecule has 1 unspecified atom stereocenters. The molecule has 1 aromatic rings. The molecule has 0 bridgehead atoms. The van der Waals surface area contributed by atoms with Crippen LogP contribution in [0.5, 0.6) is 11.5 Å². The first-order valence-corrected chi connectivity index (χ1v) is 6.92. The molecule has 0 spiro atoms. The van der Waals surface area contributed by atoms with Gasteiger partial charge in [-0.15, -0.1) is 0 Å². The second-order valence-electron chi connectivity index (χ2n) is 5.00. The maximum Gasteiger partial charge on any atom is 0.237 e. The van der Waals surface area contributed by atoms with Crippen LogP contribution in [-0.2, 0) is 11.3 Å². The molecule has 1 atom stereocenters. The van der Waals surface area contributed by atoms with Crippen molar-refractivity contribution in [3.63, 3.8) is 0 Å². The highest BCUT2D eigenvalue weighted by Crippen LogP contribution is 2.26. The number of amides is 1. The summed E-state index contributed by atoms with van der Waals surface area (Å²) in [5.74, 6) is 0.566. The van der Waals surface area contributed by atoms with E-state index < -0.39 is 0 Å². The molecule has 0 heterocycles. The lowest BCUT2D eigenvalue weighted by atomic mass is 10.2. The number of hydrogen-bond acceptors (Lipinski definition) is 4. The minimum absolute atomic E-state index is 0.0242. The largest absolute Gasteiger partial charge is 0.504 e. The van der Waals surface area contributed by atoms with E-state index in [1.807, 2.05) is 27.7 Å². The van der Waals surface area contributed by atoms with Gasteiger partial charge in [0.1, 0.15) is 0 Å². The summed E-state index contributed by atoms with van der Waals surface area (Å²) in [5, 5.41) is 15.6. The molecule has 0 radical (unpaired) electrons. The summed E-state index contributed by atoms with van der Waals surface area (Å²) in [4.78, 5) is 11.8. The average molecular weight is 280 g/mol. The van der Waals surface area contributed by atoms with Crippen LogP contribution in [0.1, 0.15) is 33.3 Å². The summed E-state index contributed by atoms with van der Waals surface area (Å²) in [6, 6.07) is 5.03. The first kappa shape index (κ1) is 16.3. The number of phenols is 1.